The van der Waals surface area contributed by atoms with Crippen molar-refractivity contribution in [2.75, 3.05) is 63.9 Å². The van der Waals surface area contributed by atoms with Crippen molar-refractivity contribution in [2.45, 2.75) is 33.1 Å². The number of oxazole rings is 5. The molecule has 143 heavy (non-hydrogen) atoms. The third-order valence-corrected chi connectivity index (χ3v) is 24.4. The highest BCUT2D eigenvalue weighted by atomic mass is 35.5. The third-order valence-electron chi connectivity index (χ3n) is 24.0. The Morgan fingerprint density at radius 1 is 0.322 bits per heavy atom. The monoisotopic (exact) mass is 1900 g/mol. The van der Waals surface area contributed by atoms with Gasteiger partial charge in [-0.15, -0.1) is 0 Å². The van der Waals surface area contributed by atoms with Gasteiger partial charge in [-0.05, 0) is 153 Å². The maximum atomic E-state index is 10.6. The number of hydrogen-bond acceptors (Lipinski definition) is 16. The SMILES string of the molecule is CN(C)c1ccc(-c2oc(-c3ccccc3)nc2-c2ccccc2Cl)cc1.COc1ccc(-c2ccccc2-c2nc(-c3ccccc3)c(-c3ccccc3)o2)cc1.Cc1ccc(-c2nc(-c3ccccc3)oc2-c2ccc(C)cc2)cc1.O=C(O)CCCCOc1cccc(-c2nc(-c3ccccc3)c(-c3ccccc3)o2)c1.c1ccc(-c2nc(-c3ccc(N4CCOCC4)cc3)oc2-c2ccccc2)cc1. The summed E-state index contributed by atoms with van der Waals surface area (Å²) in [7, 11) is 5.71. The molecule has 0 saturated carbocycles. The summed E-state index contributed by atoms with van der Waals surface area (Å²) in [4.78, 5) is 39.2. The van der Waals surface area contributed by atoms with Gasteiger partial charge in [0.1, 0.15) is 40.0 Å². The van der Waals surface area contributed by atoms with E-state index in [-0.39, 0.29) is 6.42 Å². The van der Waals surface area contributed by atoms with Crippen LogP contribution in [-0.4, -0.2) is 90.1 Å². The first kappa shape index (κ1) is 95.8. The van der Waals surface area contributed by atoms with Crippen LogP contribution in [0, 0.1) is 13.8 Å². The van der Waals surface area contributed by atoms with Crippen LogP contribution in [0.3, 0.4) is 0 Å². The summed E-state index contributed by atoms with van der Waals surface area (Å²) in [5.74, 6) is 7.54. The normalized spacial score (nSPS) is 11.4. The number of benzene rings is 16. The van der Waals surface area contributed by atoms with Gasteiger partial charge in [-0.3, -0.25) is 4.79 Å². The van der Waals surface area contributed by atoms with E-state index in [1.165, 1.54) is 16.8 Å². The number of aryl methyl sites for hydroxylation is 2. The molecule has 0 aliphatic carbocycles. The number of methoxy groups -OCH3 is 1. The molecule has 21 aromatic rings. The number of carbonyl (C=O) groups is 1. The lowest BCUT2D eigenvalue weighted by atomic mass is 9.99. The van der Waals surface area contributed by atoms with Crippen LogP contribution in [-0.2, 0) is 9.53 Å². The van der Waals surface area contributed by atoms with Gasteiger partial charge in [0.25, 0.3) is 0 Å². The van der Waals surface area contributed by atoms with E-state index in [2.05, 4.69) is 169 Å². The molecule has 0 atom stereocenters. The van der Waals surface area contributed by atoms with Crippen molar-refractivity contribution in [1.29, 1.82) is 0 Å². The number of rotatable bonds is 25. The summed E-state index contributed by atoms with van der Waals surface area (Å²) in [6, 6.07) is 145. The Kier molecular flexibility index (Phi) is 31.3. The molecule has 1 saturated heterocycles. The number of carboxylic acids is 1. The Morgan fingerprint density at radius 3 is 1.07 bits per heavy atom. The maximum Gasteiger partial charge on any atom is 0.303 e. The average Bonchev–Trinajstić information content (AvgIpc) is 1.63. The molecule has 6 heterocycles. The van der Waals surface area contributed by atoms with E-state index in [1.807, 2.05) is 305 Å². The average molecular weight is 1900 g/mol. The second-order valence-corrected chi connectivity index (χ2v) is 34.6. The fraction of sp³-hybridized carbons (Fsp3) is 0.104. The zero-order chi connectivity index (χ0) is 98.0. The van der Waals surface area contributed by atoms with E-state index in [9.17, 15) is 4.79 Å². The summed E-state index contributed by atoms with van der Waals surface area (Å²) in [5, 5.41) is 9.37. The summed E-state index contributed by atoms with van der Waals surface area (Å²) in [6.07, 6.45) is 1.44. The molecule has 5 aromatic heterocycles. The first-order valence-corrected chi connectivity index (χ1v) is 47.9. The molecule has 1 aliphatic heterocycles. The number of ether oxygens (including phenoxy) is 3. The molecular weight excluding hydrogens is 1790 g/mol. The zero-order valence-corrected chi connectivity index (χ0v) is 80.6. The lowest BCUT2D eigenvalue weighted by Crippen LogP contribution is -2.36. The Labute approximate surface area is 837 Å². The number of carboxylic acid groups (broad SMARTS) is 1. The van der Waals surface area contributed by atoms with Gasteiger partial charge >= 0.3 is 5.97 Å². The van der Waals surface area contributed by atoms with Crippen LogP contribution in [0.25, 0.3) is 181 Å². The van der Waals surface area contributed by atoms with E-state index >= 15 is 0 Å². The standard InChI is InChI=1S/C28H21NO2.C26H23NO4.C25H22N2O2.C23H19ClN2O.C23H19NO/c1-30-23-18-16-20(17-19-23)24-14-8-9-15-25(24)28-29-26(21-10-4-2-5-11-21)27(31-28)22-12-6-3-7-13-22;28-23(29)16-7-8-17-30-22-15-9-14-21(18-22)26-27-24(19-10-3-1-4-11-19)25(31-26)20-12-5-2-6-13-20;1-3-7-19(8-4-1)23-24(20-9-5-2-6-10-20)29-25(26-23)21-11-13-22(14-12-21)27-15-17-28-18-16-27;1-26(2)18-14-12-16(13-15-18)22-21(19-10-6-7-11-20(19)24)25-23(27-22)17-8-4-3-5-9-17;1-16-8-12-18(13-9-16)21-22(19-14-10-17(2)11-15-19)25-23(24-21)20-6-4-3-5-7-20/h2-19H,1H3;1-6,9-15,18H,7-8,16-17H2,(H,28,29);1-14H,15-18H2;3-15H,1-2H3;3-15H,1-2H3. The van der Waals surface area contributed by atoms with Crippen LogP contribution in [0.15, 0.2) is 459 Å². The van der Waals surface area contributed by atoms with Gasteiger partial charge in [0.15, 0.2) is 28.8 Å². The van der Waals surface area contributed by atoms with Crippen molar-refractivity contribution in [2.24, 2.45) is 0 Å². The quantitative estimate of drug-likeness (QED) is 0.0529. The molecule has 1 fully saturated rings. The van der Waals surface area contributed by atoms with Gasteiger partial charge in [0.2, 0.25) is 29.5 Å². The van der Waals surface area contributed by atoms with Gasteiger partial charge in [0, 0.05) is 128 Å². The van der Waals surface area contributed by atoms with Gasteiger partial charge in [-0.2, -0.15) is 0 Å². The Balaban J connectivity index is 0.000000118. The number of unbranched alkanes of at least 4 members (excludes halogenated alkanes) is 1. The van der Waals surface area contributed by atoms with Crippen LogP contribution in [0.4, 0.5) is 11.4 Å². The summed E-state index contributed by atoms with van der Waals surface area (Å²) in [5.41, 5.74) is 25.7. The van der Waals surface area contributed by atoms with Crippen LogP contribution in [0.1, 0.15) is 30.4 Å². The summed E-state index contributed by atoms with van der Waals surface area (Å²) >= 11 is 6.45. The molecule has 0 amide bonds. The van der Waals surface area contributed by atoms with Gasteiger partial charge in [-0.1, -0.05) is 344 Å². The second-order valence-electron chi connectivity index (χ2n) is 34.2. The van der Waals surface area contributed by atoms with E-state index in [4.69, 9.17) is 77.9 Å². The highest BCUT2D eigenvalue weighted by Gasteiger charge is 2.27. The van der Waals surface area contributed by atoms with Crippen molar-refractivity contribution in [1.82, 2.24) is 24.9 Å². The van der Waals surface area contributed by atoms with Gasteiger partial charge in [0.05, 0.1) is 32.0 Å². The number of halogens is 1. The minimum Gasteiger partial charge on any atom is -0.497 e. The largest absolute Gasteiger partial charge is 0.497 e. The number of anilines is 2. The zero-order valence-electron chi connectivity index (χ0n) is 79.9. The number of nitrogens with zero attached hydrogens (tertiary/aromatic N) is 7. The molecule has 0 spiro atoms. The van der Waals surface area contributed by atoms with E-state index in [0.717, 1.165) is 184 Å². The molecule has 0 radical (unpaired) electrons. The first-order chi connectivity index (χ1) is 70.3. The molecule has 17 nitrogen and oxygen atoms in total. The topological polar surface area (TPSA) is 202 Å². The lowest BCUT2D eigenvalue weighted by Gasteiger charge is -2.28. The Bertz CT molecular complexity index is 7420. The van der Waals surface area contributed by atoms with Crippen LogP contribution in [0.2, 0.25) is 5.02 Å². The second kappa shape index (κ2) is 46.8. The van der Waals surface area contributed by atoms with Crippen molar-refractivity contribution in [3.63, 3.8) is 0 Å². The lowest BCUT2D eigenvalue weighted by molar-refractivity contribution is -0.137. The number of morpholine rings is 1. The summed E-state index contributed by atoms with van der Waals surface area (Å²) < 4.78 is 47.9. The fourth-order valence-corrected chi connectivity index (χ4v) is 16.7. The predicted octanol–water partition coefficient (Wildman–Crippen LogP) is 31.9. The number of aliphatic carboxylic acids is 1. The molecule has 1 aliphatic rings. The molecular formula is C125H104ClN7O10. The number of hydrogen-bond donors (Lipinski definition) is 1. The molecule has 0 unspecified atom stereocenters. The van der Waals surface area contributed by atoms with E-state index in [0.29, 0.717) is 65.4 Å². The highest BCUT2D eigenvalue weighted by molar-refractivity contribution is 6.33. The molecule has 16 aromatic carbocycles. The number of aromatic nitrogens is 5. The Morgan fingerprint density at radius 2 is 0.643 bits per heavy atom. The van der Waals surface area contributed by atoms with E-state index < -0.39 is 5.97 Å². The summed E-state index contributed by atoms with van der Waals surface area (Å²) in [6.45, 7) is 8.05. The Hall–Kier alpha value is -17.5. The fourth-order valence-electron chi connectivity index (χ4n) is 16.5. The predicted molar refractivity (Wildman–Crippen MR) is 575 cm³/mol. The van der Waals surface area contributed by atoms with Crippen LogP contribution < -0.4 is 19.3 Å². The molecule has 22 rings (SSSR count). The minimum atomic E-state index is -0.783. The molecule has 18 heteroatoms. The van der Waals surface area contributed by atoms with Gasteiger partial charge < -0.3 is 51.2 Å². The smallest absolute Gasteiger partial charge is 0.303 e. The van der Waals surface area contributed by atoms with Gasteiger partial charge in [-0.25, -0.2) is 24.9 Å². The van der Waals surface area contributed by atoms with Crippen LogP contribution in [0.5, 0.6) is 11.5 Å². The van der Waals surface area contributed by atoms with Crippen molar-refractivity contribution in [3.05, 3.63) is 453 Å². The minimum absolute atomic E-state index is 0.157. The third kappa shape index (κ3) is 24.1. The maximum absolute atomic E-state index is 10.6. The molecule has 0 bridgehead atoms. The highest BCUT2D eigenvalue weighted by Crippen LogP contribution is 2.45. The van der Waals surface area contributed by atoms with Crippen molar-refractivity contribution in [3.8, 4) is 193 Å². The van der Waals surface area contributed by atoms with Crippen molar-refractivity contribution < 1.29 is 46.2 Å². The molecule has 706 valence electrons. The van der Waals surface area contributed by atoms with Crippen molar-refractivity contribution >= 4 is 28.9 Å². The first-order valence-electron chi connectivity index (χ1n) is 47.5. The van der Waals surface area contributed by atoms with E-state index in [1.54, 1.807) is 7.11 Å². The van der Waals surface area contributed by atoms with Crippen LogP contribution >= 0.6 is 11.6 Å². The molecule has 1 N–H and O–H groups in total.